The number of rotatable bonds is 4. The van der Waals surface area contributed by atoms with Gasteiger partial charge < -0.3 is 14.9 Å². The Labute approximate surface area is 117 Å². The summed E-state index contributed by atoms with van der Waals surface area (Å²) in [6.07, 6.45) is 1.35. The van der Waals surface area contributed by atoms with E-state index in [1.807, 2.05) is 12.1 Å². The number of esters is 1. The van der Waals surface area contributed by atoms with Crippen LogP contribution in [0.1, 0.15) is 18.1 Å². The number of hydrogen-bond donors (Lipinski definition) is 2. The molecule has 2 rings (SSSR count). The Morgan fingerprint density at radius 1 is 1.00 bits per heavy atom. The second-order valence-electron chi connectivity index (χ2n) is 4.55. The van der Waals surface area contributed by atoms with Gasteiger partial charge in [-0.05, 0) is 54.3 Å². The highest BCUT2D eigenvalue weighted by molar-refractivity contribution is 5.70. The summed E-state index contributed by atoms with van der Waals surface area (Å²) in [5.41, 5.74) is 1.83. The summed E-state index contributed by atoms with van der Waals surface area (Å²) in [5.74, 6) is 0.448. The van der Waals surface area contributed by atoms with Crippen molar-refractivity contribution in [2.24, 2.45) is 0 Å². The molecule has 0 unspecified atom stereocenters. The van der Waals surface area contributed by atoms with Crippen LogP contribution in [0.4, 0.5) is 0 Å². The lowest BCUT2D eigenvalue weighted by molar-refractivity contribution is -0.131. The average Bonchev–Trinajstić information content (AvgIpc) is 2.40. The smallest absolute Gasteiger partial charge is 0.308 e. The molecule has 20 heavy (non-hydrogen) atoms. The van der Waals surface area contributed by atoms with E-state index in [-0.39, 0.29) is 17.5 Å². The maximum atomic E-state index is 11.0. The van der Waals surface area contributed by atoms with E-state index in [4.69, 9.17) is 4.74 Å². The van der Waals surface area contributed by atoms with Crippen molar-refractivity contribution in [3.8, 4) is 17.2 Å². The van der Waals surface area contributed by atoms with E-state index in [1.54, 1.807) is 24.3 Å². The summed E-state index contributed by atoms with van der Waals surface area (Å²) in [4.78, 5) is 11.0. The summed E-state index contributed by atoms with van der Waals surface area (Å²) >= 11 is 0. The third-order valence-corrected chi connectivity index (χ3v) is 2.92. The second-order valence-corrected chi connectivity index (χ2v) is 4.55. The number of aryl methyl sites for hydroxylation is 2. The molecule has 0 atom stereocenters. The van der Waals surface area contributed by atoms with E-state index in [1.165, 1.54) is 13.0 Å². The Morgan fingerprint density at radius 3 is 2.30 bits per heavy atom. The van der Waals surface area contributed by atoms with Gasteiger partial charge in [-0.15, -0.1) is 0 Å². The Balaban J connectivity index is 2.13. The molecule has 0 aliphatic carbocycles. The molecule has 0 amide bonds. The van der Waals surface area contributed by atoms with Crippen molar-refractivity contribution < 1.29 is 19.7 Å². The normalized spacial score (nSPS) is 10.2. The first-order valence-electron chi connectivity index (χ1n) is 6.33. The Kier molecular flexibility index (Phi) is 4.25. The Hall–Kier alpha value is -2.49. The van der Waals surface area contributed by atoms with Crippen molar-refractivity contribution in [3.63, 3.8) is 0 Å². The van der Waals surface area contributed by atoms with Gasteiger partial charge in [0.1, 0.15) is 17.2 Å². The van der Waals surface area contributed by atoms with Crippen molar-refractivity contribution >= 4 is 5.97 Å². The van der Waals surface area contributed by atoms with E-state index in [9.17, 15) is 15.0 Å². The van der Waals surface area contributed by atoms with Gasteiger partial charge in [0, 0.05) is 6.92 Å². The van der Waals surface area contributed by atoms with Crippen molar-refractivity contribution in [3.05, 3.63) is 53.6 Å². The molecule has 0 saturated heterocycles. The van der Waals surface area contributed by atoms with Gasteiger partial charge in [-0.25, -0.2) is 0 Å². The molecule has 0 bridgehead atoms. The highest BCUT2D eigenvalue weighted by Crippen LogP contribution is 2.25. The topological polar surface area (TPSA) is 66.8 Å². The van der Waals surface area contributed by atoms with Crippen molar-refractivity contribution in [1.82, 2.24) is 0 Å². The largest absolute Gasteiger partial charge is 0.508 e. The van der Waals surface area contributed by atoms with Crippen LogP contribution in [-0.4, -0.2) is 16.2 Å². The molecule has 0 heterocycles. The van der Waals surface area contributed by atoms with Crippen LogP contribution in [0, 0.1) is 0 Å². The van der Waals surface area contributed by atoms with E-state index in [0.717, 1.165) is 17.5 Å². The SMILES string of the molecule is CC(=O)Oc1ccc(O)cc1CCc1ccc(O)cc1. The van der Waals surface area contributed by atoms with E-state index >= 15 is 0 Å². The predicted molar refractivity (Wildman–Crippen MR) is 74.9 cm³/mol. The third kappa shape index (κ3) is 3.75. The lowest BCUT2D eigenvalue weighted by atomic mass is 10.0. The molecule has 4 nitrogen and oxygen atoms in total. The highest BCUT2D eigenvalue weighted by Gasteiger charge is 2.08. The number of phenols is 2. The van der Waals surface area contributed by atoms with Gasteiger partial charge in [-0.1, -0.05) is 12.1 Å². The van der Waals surface area contributed by atoms with Crippen LogP contribution in [0.15, 0.2) is 42.5 Å². The lowest BCUT2D eigenvalue weighted by Gasteiger charge is -2.09. The number of carbonyl (C=O) groups is 1. The summed E-state index contributed by atoms with van der Waals surface area (Å²) in [6, 6.07) is 11.6. The zero-order valence-corrected chi connectivity index (χ0v) is 11.2. The zero-order valence-electron chi connectivity index (χ0n) is 11.2. The number of hydrogen-bond acceptors (Lipinski definition) is 4. The third-order valence-electron chi connectivity index (χ3n) is 2.92. The van der Waals surface area contributed by atoms with E-state index in [2.05, 4.69) is 0 Å². The lowest BCUT2D eigenvalue weighted by Crippen LogP contribution is -2.04. The van der Waals surface area contributed by atoms with Gasteiger partial charge >= 0.3 is 5.97 Å². The summed E-state index contributed by atoms with van der Waals surface area (Å²) in [5, 5.41) is 18.8. The monoisotopic (exact) mass is 272 g/mol. The maximum absolute atomic E-state index is 11.0. The standard InChI is InChI=1S/C16H16O4/c1-11(17)20-16-9-8-15(19)10-13(16)5-2-12-3-6-14(18)7-4-12/h3-4,6-10,18-19H,2,5H2,1H3. The molecule has 0 aliphatic heterocycles. The minimum atomic E-state index is -0.387. The molecule has 104 valence electrons. The number of carbonyl (C=O) groups excluding carboxylic acids is 1. The van der Waals surface area contributed by atoms with Crippen LogP contribution in [-0.2, 0) is 17.6 Å². The van der Waals surface area contributed by atoms with Crippen LogP contribution in [0.2, 0.25) is 0 Å². The molecule has 0 aliphatic rings. The first-order valence-corrected chi connectivity index (χ1v) is 6.33. The quantitative estimate of drug-likeness (QED) is 0.663. The van der Waals surface area contributed by atoms with Gasteiger partial charge in [-0.2, -0.15) is 0 Å². The summed E-state index contributed by atoms with van der Waals surface area (Å²) < 4.78 is 5.12. The Bertz CT molecular complexity index is 602. The van der Waals surface area contributed by atoms with Gasteiger partial charge in [-0.3, -0.25) is 4.79 Å². The Morgan fingerprint density at radius 2 is 1.65 bits per heavy atom. The maximum Gasteiger partial charge on any atom is 0.308 e. The van der Waals surface area contributed by atoms with Crippen LogP contribution in [0.5, 0.6) is 17.2 Å². The molecule has 0 saturated carbocycles. The molecule has 4 heteroatoms. The fourth-order valence-electron chi connectivity index (χ4n) is 1.96. The number of aromatic hydroxyl groups is 2. The summed E-state index contributed by atoms with van der Waals surface area (Å²) in [7, 11) is 0. The molecule has 0 spiro atoms. The van der Waals surface area contributed by atoms with Crippen molar-refractivity contribution in [2.75, 3.05) is 0 Å². The first-order chi connectivity index (χ1) is 9.54. The fourth-order valence-corrected chi connectivity index (χ4v) is 1.96. The number of benzene rings is 2. The predicted octanol–water partition coefficient (Wildman–Crippen LogP) is 2.81. The molecular weight excluding hydrogens is 256 g/mol. The van der Waals surface area contributed by atoms with Crippen molar-refractivity contribution in [2.45, 2.75) is 19.8 Å². The van der Waals surface area contributed by atoms with E-state index in [0.29, 0.717) is 12.2 Å². The van der Waals surface area contributed by atoms with Crippen molar-refractivity contribution in [1.29, 1.82) is 0 Å². The van der Waals surface area contributed by atoms with Crippen LogP contribution < -0.4 is 4.74 Å². The zero-order chi connectivity index (χ0) is 14.5. The number of phenolic OH excluding ortho intramolecular Hbond substituents is 2. The van der Waals surface area contributed by atoms with Crippen LogP contribution in [0.3, 0.4) is 0 Å². The molecule has 2 aromatic rings. The van der Waals surface area contributed by atoms with Gasteiger partial charge in [0.2, 0.25) is 0 Å². The van der Waals surface area contributed by atoms with Crippen LogP contribution in [0.25, 0.3) is 0 Å². The molecule has 2 aromatic carbocycles. The summed E-state index contributed by atoms with van der Waals surface area (Å²) in [6.45, 7) is 1.34. The fraction of sp³-hybridized carbons (Fsp3) is 0.188. The molecule has 0 fully saturated rings. The number of ether oxygens (including phenoxy) is 1. The minimum absolute atomic E-state index is 0.140. The highest BCUT2D eigenvalue weighted by atomic mass is 16.5. The average molecular weight is 272 g/mol. The van der Waals surface area contributed by atoms with Gasteiger partial charge in [0.25, 0.3) is 0 Å². The van der Waals surface area contributed by atoms with Crippen LogP contribution >= 0.6 is 0 Å². The van der Waals surface area contributed by atoms with Gasteiger partial charge in [0.15, 0.2) is 0 Å². The first kappa shape index (κ1) is 13.9. The van der Waals surface area contributed by atoms with E-state index < -0.39 is 0 Å². The molecule has 0 radical (unpaired) electrons. The molecule has 2 N–H and O–H groups in total. The molecular formula is C16H16O4. The van der Waals surface area contributed by atoms with Gasteiger partial charge in [0.05, 0.1) is 0 Å². The second kappa shape index (κ2) is 6.10. The molecule has 0 aromatic heterocycles. The minimum Gasteiger partial charge on any atom is -0.508 e.